The first kappa shape index (κ1) is 12.3. The number of aromatic nitrogens is 3. The largest absolute Gasteiger partial charge is 0.491 e. The molecule has 0 amide bonds. The molecule has 0 bridgehead atoms. The number of carbonyl (C=O) groups is 1. The van der Waals surface area contributed by atoms with E-state index in [0.29, 0.717) is 30.0 Å². The lowest BCUT2D eigenvalue weighted by atomic mass is 10.3. The van der Waals surface area contributed by atoms with Crippen LogP contribution in [0.4, 0.5) is 0 Å². The lowest BCUT2D eigenvalue weighted by Gasteiger charge is -2.03. The van der Waals surface area contributed by atoms with Gasteiger partial charge in [-0.3, -0.25) is 4.79 Å². The molecule has 0 aliphatic carbocycles. The predicted molar refractivity (Wildman–Crippen MR) is 62.5 cm³/mol. The molecule has 7 nitrogen and oxygen atoms in total. The Hall–Kier alpha value is -2.15. The molecule has 0 saturated heterocycles. The number of carboxylic acids is 1. The van der Waals surface area contributed by atoms with Crippen LogP contribution in [0.15, 0.2) is 18.2 Å². The molecule has 18 heavy (non-hydrogen) atoms. The monoisotopic (exact) mass is 251 g/mol. The summed E-state index contributed by atoms with van der Waals surface area (Å²) >= 11 is 0. The molecule has 2 rings (SSSR count). The summed E-state index contributed by atoms with van der Waals surface area (Å²) in [6, 6.07) is 5.22. The van der Waals surface area contributed by atoms with Crippen molar-refractivity contribution < 1.29 is 19.4 Å². The second-order valence-corrected chi connectivity index (χ2v) is 3.62. The second kappa shape index (κ2) is 5.46. The predicted octanol–water partition coefficient (Wildman–Crippen LogP) is 0.541. The molecule has 1 heterocycles. The molecule has 0 fully saturated rings. The van der Waals surface area contributed by atoms with Gasteiger partial charge in [0.25, 0.3) is 0 Å². The van der Waals surface area contributed by atoms with Gasteiger partial charge in [-0.1, -0.05) is 0 Å². The fourth-order valence-corrected chi connectivity index (χ4v) is 1.46. The van der Waals surface area contributed by atoms with Crippen LogP contribution in [-0.4, -0.2) is 46.4 Å². The standard InChI is InChI=1S/C11H13N3O4/c1-17-4-5-18-8-2-3-9-10(6-8)13-14(12-9)7-11(15)16/h2-3,6H,4-5,7H2,1H3,(H,15,16). The van der Waals surface area contributed by atoms with Crippen LogP contribution >= 0.6 is 0 Å². The van der Waals surface area contributed by atoms with Gasteiger partial charge in [0.1, 0.15) is 23.4 Å². The summed E-state index contributed by atoms with van der Waals surface area (Å²) in [7, 11) is 1.60. The summed E-state index contributed by atoms with van der Waals surface area (Å²) in [6.45, 7) is 0.698. The van der Waals surface area contributed by atoms with Gasteiger partial charge in [0.2, 0.25) is 0 Å². The number of hydrogen-bond donors (Lipinski definition) is 1. The molecule has 0 spiro atoms. The highest BCUT2D eigenvalue weighted by atomic mass is 16.5. The van der Waals surface area contributed by atoms with Crippen molar-refractivity contribution in [2.24, 2.45) is 0 Å². The summed E-state index contributed by atoms with van der Waals surface area (Å²) < 4.78 is 10.3. The first-order valence-corrected chi connectivity index (χ1v) is 5.37. The number of hydrogen-bond acceptors (Lipinski definition) is 5. The van der Waals surface area contributed by atoms with Crippen LogP contribution in [0.2, 0.25) is 0 Å². The molecule has 0 unspecified atom stereocenters. The maximum absolute atomic E-state index is 10.5. The fourth-order valence-electron chi connectivity index (χ4n) is 1.46. The van der Waals surface area contributed by atoms with Crippen molar-refractivity contribution in [3.8, 4) is 5.75 Å². The average Bonchev–Trinajstić information content (AvgIpc) is 2.69. The Bertz CT molecular complexity index is 552. The molecule has 7 heteroatoms. The van der Waals surface area contributed by atoms with Gasteiger partial charge >= 0.3 is 5.97 Å². The number of rotatable bonds is 6. The Kier molecular flexibility index (Phi) is 3.73. The summed E-state index contributed by atoms with van der Waals surface area (Å²) in [6.07, 6.45) is 0. The Labute approximate surface area is 103 Å². The Morgan fingerprint density at radius 3 is 2.83 bits per heavy atom. The number of ether oxygens (including phenoxy) is 2. The molecule has 0 aliphatic rings. The van der Waals surface area contributed by atoms with Crippen molar-refractivity contribution >= 4 is 17.0 Å². The van der Waals surface area contributed by atoms with Crippen LogP contribution < -0.4 is 4.74 Å². The quantitative estimate of drug-likeness (QED) is 0.754. The maximum Gasteiger partial charge on any atom is 0.327 e. The Balaban J connectivity index is 2.14. The van der Waals surface area contributed by atoms with Crippen molar-refractivity contribution in [3.63, 3.8) is 0 Å². The van der Waals surface area contributed by atoms with Crippen molar-refractivity contribution in [2.45, 2.75) is 6.54 Å². The molecular weight excluding hydrogens is 238 g/mol. The van der Waals surface area contributed by atoms with Gasteiger partial charge in [-0.05, 0) is 12.1 Å². The minimum Gasteiger partial charge on any atom is -0.491 e. The zero-order chi connectivity index (χ0) is 13.0. The van der Waals surface area contributed by atoms with E-state index in [1.807, 2.05) is 0 Å². The first-order chi connectivity index (χ1) is 8.69. The van der Waals surface area contributed by atoms with Crippen molar-refractivity contribution in [1.82, 2.24) is 15.0 Å². The summed E-state index contributed by atoms with van der Waals surface area (Å²) in [5, 5.41) is 16.7. The smallest absolute Gasteiger partial charge is 0.327 e. The van der Waals surface area contributed by atoms with E-state index in [0.717, 1.165) is 4.80 Å². The normalized spacial score (nSPS) is 10.7. The Morgan fingerprint density at radius 2 is 2.11 bits per heavy atom. The van der Waals surface area contributed by atoms with E-state index in [4.69, 9.17) is 14.6 Å². The summed E-state index contributed by atoms with van der Waals surface area (Å²) in [5.41, 5.74) is 1.24. The van der Waals surface area contributed by atoms with E-state index in [9.17, 15) is 4.79 Å². The van der Waals surface area contributed by atoms with Gasteiger partial charge < -0.3 is 14.6 Å². The number of carboxylic acid groups (broad SMARTS) is 1. The van der Waals surface area contributed by atoms with Crippen molar-refractivity contribution in [2.75, 3.05) is 20.3 Å². The highest BCUT2D eigenvalue weighted by molar-refractivity contribution is 5.75. The fraction of sp³-hybridized carbons (Fsp3) is 0.364. The van der Waals surface area contributed by atoms with E-state index in [1.54, 1.807) is 25.3 Å². The summed E-state index contributed by atoms with van der Waals surface area (Å²) in [4.78, 5) is 11.7. The molecule has 96 valence electrons. The highest BCUT2D eigenvalue weighted by Gasteiger charge is 2.06. The van der Waals surface area contributed by atoms with Gasteiger partial charge in [-0.15, -0.1) is 0 Å². The van der Waals surface area contributed by atoms with Crippen LogP contribution in [0.3, 0.4) is 0 Å². The van der Waals surface area contributed by atoms with Gasteiger partial charge in [-0.2, -0.15) is 15.0 Å². The average molecular weight is 251 g/mol. The third-order valence-corrected chi connectivity index (χ3v) is 2.23. The molecular formula is C11H13N3O4. The van der Waals surface area contributed by atoms with E-state index in [1.165, 1.54) is 0 Å². The van der Waals surface area contributed by atoms with Gasteiger partial charge in [0.15, 0.2) is 6.54 Å². The van der Waals surface area contributed by atoms with Crippen LogP contribution in [0.1, 0.15) is 0 Å². The minimum absolute atomic E-state index is 0.255. The van der Waals surface area contributed by atoms with Crippen LogP contribution in [0, 0.1) is 0 Å². The molecule has 0 saturated carbocycles. The Morgan fingerprint density at radius 1 is 1.33 bits per heavy atom. The van der Waals surface area contributed by atoms with E-state index in [-0.39, 0.29) is 6.54 Å². The molecule has 2 aromatic rings. The van der Waals surface area contributed by atoms with Crippen molar-refractivity contribution in [1.29, 1.82) is 0 Å². The van der Waals surface area contributed by atoms with E-state index in [2.05, 4.69) is 10.2 Å². The third kappa shape index (κ3) is 2.95. The summed E-state index contributed by atoms with van der Waals surface area (Å²) in [5.74, 6) is -0.325. The topological polar surface area (TPSA) is 86.5 Å². The number of methoxy groups -OCH3 is 1. The first-order valence-electron chi connectivity index (χ1n) is 5.37. The van der Waals surface area contributed by atoms with Crippen LogP contribution in [-0.2, 0) is 16.1 Å². The molecule has 0 atom stereocenters. The third-order valence-electron chi connectivity index (χ3n) is 2.23. The van der Waals surface area contributed by atoms with Crippen LogP contribution in [0.25, 0.3) is 11.0 Å². The van der Waals surface area contributed by atoms with Gasteiger partial charge in [0.05, 0.1) is 6.61 Å². The number of benzene rings is 1. The van der Waals surface area contributed by atoms with Crippen molar-refractivity contribution in [3.05, 3.63) is 18.2 Å². The number of aliphatic carboxylic acids is 1. The lowest BCUT2D eigenvalue weighted by Crippen LogP contribution is -2.11. The molecule has 1 N–H and O–H groups in total. The van der Waals surface area contributed by atoms with E-state index < -0.39 is 5.97 Å². The lowest BCUT2D eigenvalue weighted by molar-refractivity contribution is -0.138. The van der Waals surface area contributed by atoms with Crippen LogP contribution in [0.5, 0.6) is 5.75 Å². The zero-order valence-corrected chi connectivity index (χ0v) is 9.87. The van der Waals surface area contributed by atoms with E-state index >= 15 is 0 Å². The number of fused-ring (bicyclic) bond motifs is 1. The van der Waals surface area contributed by atoms with Gasteiger partial charge in [0, 0.05) is 13.2 Å². The molecule has 0 radical (unpaired) electrons. The maximum atomic E-state index is 10.5. The molecule has 0 aliphatic heterocycles. The zero-order valence-electron chi connectivity index (χ0n) is 9.87. The second-order valence-electron chi connectivity index (χ2n) is 3.62. The van der Waals surface area contributed by atoms with Gasteiger partial charge in [-0.25, -0.2) is 0 Å². The number of nitrogens with zero attached hydrogens (tertiary/aromatic N) is 3. The molecule has 1 aromatic carbocycles. The minimum atomic E-state index is -0.980. The highest BCUT2D eigenvalue weighted by Crippen LogP contribution is 2.17. The SMILES string of the molecule is COCCOc1ccc2nn(CC(=O)O)nc2c1. The molecule has 1 aromatic heterocycles.